The first-order valence-corrected chi connectivity index (χ1v) is 12.1. The van der Waals surface area contributed by atoms with Gasteiger partial charge in [0.15, 0.2) is 11.7 Å². The molecule has 2 rings (SSSR count). The highest BCUT2D eigenvalue weighted by Crippen LogP contribution is 2.22. The van der Waals surface area contributed by atoms with Crippen molar-refractivity contribution in [2.45, 2.75) is 58.9 Å². The van der Waals surface area contributed by atoms with Crippen LogP contribution in [0.5, 0.6) is 0 Å². The zero-order valence-corrected chi connectivity index (χ0v) is 21.1. The fourth-order valence-electron chi connectivity index (χ4n) is 3.49. The maximum atomic E-state index is 11.6. The smallest absolute Gasteiger partial charge is 0.211 e. The molecule has 0 amide bonds. The maximum Gasteiger partial charge on any atom is 0.211 e. The van der Waals surface area contributed by atoms with Gasteiger partial charge < -0.3 is 15.2 Å². The Kier molecular flexibility index (Phi) is 11.5. The van der Waals surface area contributed by atoms with Crippen molar-refractivity contribution in [2.75, 3.05) is 32.4 Å². The molecule has 29 heavy (non-hydrogen) atoms. The van der Waals surface area contributed by atoms with E-state index in [1.807, 2.05) is 13.0 Å². The number of rotatable bonds is 9. The van der Waals surface area contributed by atoms with Gasteiger partial charge in [0.1, 0.15) is 6.54 Å². The van der Waals surface area contributed by atoms with Crippen LogP contribution in [0.15, 0.2) is 15.6 Å². The van der Waals surface area contributed by atoms with E-state index in [0.717, 1.165) is 56.2 Å². The highest BCUT2D eigenvalue weighted by Gasteiger charge is 2.24. The molecule has 2 heterocycles. The second-order valence-electron chi connectivity index (χ2n) is 7.41. The lowest BCUT2D eigenvalue weighted by molar-refractivity contribution is 0.275. The predicted molar refractivity (Wildman–Crippen MR) is 127 cm³/mol. The third kappa shape index (κ3) is 8.41. The van der Waals surface area contributed by atoms with Crippen LogP contribution in [0.1, 0.15) is 63.8 Å². The Morgan fingerprint density at radius 3 is 2.48 bits per heavy atom. The molecule has 0 aliphatic carbocycles. The summed E-state index contributed by atoms with van der Waals surface area (Å²) in [4.78, 5) is 4.60. The summed E-state index contributed by atoms with van der Waals surface area (Å²) in [5.74, 6) is 2.38. The third-order valence-corrected chi connectivity index (χ3v) is 6.62. The lowest BCUT2D eigenvalue weighted by Gasteiger charge is -2.30. The summed E-state index contributed by atoms with van der Waals surface area (Å²) < 4.78 is 30.2. The van der Waals surface area contributed by atoms with Crippen LogP contribution in [0.3, 0.4) is 0 Å². The first kappa shape index (κ1) is 26.2. The molecule has 1 fully saturated rings. The quantitative estimate of drug-likeness (QED) is 0.284. The minimum Gasteiger partial charge on any atom is -0.359 e. The molecule has 1 aliphatic rings. The minimum absolute atomic E-state index is 0. The average molecular weight is 542 g/mol. The molecule has 1 aromatic rings. The number of halogens is 1. The van der Waals surface area contributed by atoms with Crippen molar-refractivity contribution in [3.8, 4) is 0 Å². The van der Waals surface area contributed by atoms with Gasteiger partial charge in [-0.1, -0.05) is 19.0 Å². The van der Waals surface area contributed by atoms with E-state index in [1.54, 1.807) is 4.31 Å². The molecule has 0 radical (unpaired) electrons. The molecule has 0 unspecified atom stereocenters. The van der Waals surface area contributed by atoms with Crippen LogP contribution in [0, 0.1) is 5.92 Å². The van der Waals surface area contributed by atoms with Crippen molar-refractivity contribution < 1.29 is 12.9 Å². The number of nitrogens with one attached hydrogen (secondary N) is 2. The normalized spacial score (nSPS) is 16.7. The summed E-state index contributed by atoms with van der Waals surface area (Å²) in [5.41, 5.74) is 1.01. The summed E-state index contributed by atoms with van der Waals surface area (Å²) in [6.45, 7) is 9.52. The zero-order valence-electron chi connectivity index (χ0n) is 18.0. The van der Waals surface area contributed by atoms with Crippen molar-refractivity contribution in [2.24, 2.45) is 10.9 Å². The van der Waals surface area contributed by atoms with Gasteiger partial charge in [0.2, 0.25) is 10.0 Å². The number of aromatic nitrogens is 1. The van der Waals surface area contributed by atoms with Crippen molar-refractivity contribution in [1.82, 2.24) is 20.1 Å². The molecule has 1 saturated heterocycles. The molecule has 10 heteroatoms. The fourth-order valence-corrected chi connectivity index (χ4v) is 4.36. The van der Waals surface area contributed by atoms with Crippen molar-refractivity contribution >= 4 is 40.0 Å². The third-order valence-electron chi connectivity index (χ3n) is 5.32. The summed E-state index contributed by atoms with van der Waals surface area (Å²) in [6, 6.07) is 2.01. The monoisotopic (exact) mass is 541 g/mol. The van der Waals surface area contributed by atoms with Crippen LogP contribution in [0.4, 0.5) is 0 Å². The summed E-state index contributed by atoms with van der Waals surface area (Å²) in [6.07, 6.45) is 5.10. The molecule has 0 saturated carbocycles. The number of guanidine groups is 1. The van der Waals surface area contributed by atoms with Crippen LogP contribution in [0.2, 0.25) is 0 Å². The Morgan fingerprint density at radius 2 is 1.93 bits per heavy atom. The summed E-state index contributed by atoms with van der Waals surface area (Å²) >= 11 is 0. The van der Waals surface area contributed by atoms with Crippen LogP contribution in [0.25, 0.3) is 0 Å². The number of nitrogens with zero attached hydrogens (tertiary/aromatic N) is 3. The van der Waals surface area contributed by atoms with E-state index in [1.165, 1.54) is 6.26 Å². The van der Waals surface area contributed by atoms with Gasteiger partial charge in [-0.15, -0.1) is 24.0 Å². The highest BCUT2D eigenvalue weighted by molar-refractivity contribution is 14.0. The Hall–Kier alpha value is -0.880. The molecule has 1 aliphatic heterocycles. The van der Waals surface area contributed by atoms with Crippen LogP contribution >= 0.6 is 24.0 Å². The van der Waals surface area contributed by atoms with E-state index in [2.05, 4.69) is 34.6 Å². The molecule has 2 N–H and O–H groups in total. The molecular weight excluding hydrogens is 505 g/mol. The number of hydrogen-bond donors (Lipinski definition) is 2. The van der Waals surface area contributed by atoms with Gasteiger partial charge in [0, 0.05) is 38.2 Å². The standard InChI is InChI=1S/C19H35N5O3S.HI/c1-5-16(6-2)18-12-17(27-23-18)14-22-19(20-7-3)21-13-15-8-10-24(11-9-15)28(4,25)26;/h12,15-16H,5-11,13-14H2,1-4H3,(H2,20,21,22);1H. The van der Waals surface area contributed by atoms with Gasteiger partial charge in [-0.25, -0.2) is 17.7 Å². The maximum absolute atomic E-state index is 11.6. The van der Waals surface area contributed by atoms with E-state index < -0.39 is 10.0 Å². The predicted octanol–water partition coefficient (Wildman–Crippen LogP) is 2.92. The van der Waals surface area contributed by atoms with Gasteiger partial charge >= 0.3 is 0 Å². The highest BCUT2D eigenvalue weighted by atomic mass is 127. The number of sulfonamides is 1. The van der Waals surface area contributed by atoms with Gasteiger partial charge in [-0.3, -0.25) is 0 Å². The molecule has 0 aromatic carbocycles. The first-order chi connectivity index (χ1) is 13.4. The molecule has 0 bridgehead atoms. The Balaban J connectivity index is 0.00000420. The Labute approximate surface area is 192 Å². The Morgan fingerprint density at radius 1 is 1.28 bits per heavy atom. The topological polar surface area (TPSA) is 99.8 Å². The minimum atomic E-state index is -3.08. The SMILES string of the molecule is CCNC(=NCc1cc(C(CC)CC)no1)NCC1CCN(S(C)(=O)=O)CC1.I. The van der Waals surface area contributed by atoms with Crippen molar-refractivity contribution in [1.29, 1.82) is 0 Å². The van der Waals surface area contributed by atoms with Crippen molar-refractivity contribution in [3.63, 3.8) is 0 Å². The largest absolute Gasteiger partial charge is 0.359 e. The van der Waals surface area contributed by atoms with E-state index in [9.17, 15) is 8.42 Å². The van der Waals surface area contributed by atoms with Gasteiger partial charge in [-0.2, -0.15) is 0 Å². The molecule has 168 valence electrons. The molecule has 0 atom stereocenters. The number of hydrogen-bond acceptors (Lipinski definition) is 5. The van der Waals surface area contributed by atoms with E-state index >= 15 is 0 Å². The fraction of sp³-hybridized carbons (Fsp3) is 0.789. The second kappa shape index (κ2) is 12.7. The van der Waals surface area contributed by atoms with Crippen LogP contribution in [-0.4, -0.2) is 56.3 Å². The first-order valence-electron chi connectivity index (χ1n) is 10.3. The molecule has 8 nitrogen and oxygen atoms in total. The summed E-state index contributed by atoms with van der Waals surface area (Å²) in [5, 5.41) is 10.8. The lowest BCUT2D eigenvalue weighted by Crippen LogP contribution is -2.44. The second-order valence-corrected chi connectivity index (χ2v) is 9.40. The van der Waals surface area contributed by atoms with Gasteiger partial charge in [-0.05, 0) is 38.5 Å². The van der Waals surface area contributed by atoms with Gasteiger partial charge in [0.25, 0.3) is 0 Å². The van der Waals surface area contributed by atoms with Crippen LogP contribution in [-0.2, 0) is 16.6 Å². The zero-order chi connectivity index (χ0) is 20.6. The van der Waals surface area contributed by atoms with Crippen LogP contribution < -0.4 is 10.6 Å². The average Bonchev–Trinajstić information content (AvgIpc) is 3.13. The van der Waals surface area contributed by atoms with E-state index in [-0.39, 0.29) is 24.0 Å². The van der Waals surface area contributed by atoms with Crippen molar-refractivity contribution in [3.05, 3.63) is 17.5 Å². The molecular formula is C19H36IN5O3S. The summed E-state index contributed by atoms with van der Waals surface area (Å²) in [7, 11) is -3.08. The van der Waals surface area contributed by atoms with E-state index in [4.69, 9.17) is 4.52 Å². The Bertz CT molecular complexity index is 726. The molecule has 0 spiro atoms. The van der Waals surface area contributed by atoms with Gasteiger partial charge in [0.05, 0.1) is 11.9 Å². The van der Waals surface area contributed by atoms with E-state index in [0.29, 0.717) is 31.5 Å². The molecule has 1 aromatic heterocycles. The lowest BCUT2D eigenvalue weighted by atomic mass is 9.98. The number of aliphatic imine (C=N–C) groups is 1. The number of piperidine rings is 1.